The molecule has 3 aromatic carbocycles. The highest BCUT2D eigenvalue weighted by Gasteiger charge is 2.16. The van der Waals surface area contributed by atoms with Crippen molar-refractivity contribution in [1.29, 1.82) is 0 Å². The Balaban J connectivity index is 1.43. The zero-order valence-electron chi connectivity index (χ0n) is 19.6. The number of rotatable bonds is 8. The number of aryl methyl sites for hydroxylation is 1. The van der Waals surface area contributed by atoms with Crippen LogP contribution in [0.4, 0.5) is 10.6 Å². The van der Waals surface area contributed by atoms with Gasteiger partial charge < -0.3 is 21.1 Å². The number of primary amides is 1. The largest absolute Gasteiger partial charge is 0.452 e. The molecule has 0 unspecified atom stereocenters. The van der Waals surface area contributed by atoms with Crippen LogP contribution in [0.2, 0.25) is 0 Å². The molecule has 0 aliphatic carbocycles. The Morgan fingerprint density at radius 3 is 2.31 bits per heavy atom. The van der Waals surface area contributed by atoms with E-state index in [0.717, 1.165) is 22.4 Å². The summed E-state index contributed by atoms with van der Waals surface area (Å²) >= 11 is 0. The SMILES string of the molecule is Cc1ccc(-c2cc(NC(=O)COC(=O)c3ccc(CNC(N)=O)cc3)n(-c3ccccc3)n2)cc1. The number of carbonyl (C=O) groups excluding carboxylic acids is 3. The van der Waals surface area contributed by atoms with Crippen LogP contribution in [0.5, 0.6) is 0 Å². The lowest BCUT2D eigenvalue weighted by atomic mass is 10.1. The van der Waals surface area contributed by atoms with E-state index in [1.54, 1.807) is 35.0 Å². The number of esters is 1. The van der Waals surface area contributed by atoms with E-state index >= 15 is 0 Å². The molecule has 1 heterocycles. The third-order valence-corrected chi connectivity index (χ3v) is 5.32. The van der Waals surface area contributed by atoms with Crippen LogP contribution in [0.25, 0.3) is 16.9 Å². The summed E-state index contributed by atoms with van der Waals surface area (Å²) in [7, 11) is 0. The van der Waals surface area contributed by atoms with Crippen LogP contribution >= 0.6 is 0 Å². The lowest BCUT2D eigenvalue weighted by Crippen LogP contribution is -2.28. The van der Waals surface area contributed by atoms with Gasteiger partial charge in [0, 0.05) is 18.2 Å². The van der Waals surface area contributed by atoms with E-state index < -0.39 is 24.5 Å². The third kappa shape index (κ3) is 6.15. The lowest BCUT2D eigenvalue weighted by Gasteiger charge is -2.09. The minimum atomic E-state index is -0.642. The van der Waals surface area contributed by atoms with Crippen LogP contribution in [-0.2, 0) is 16.1 Å². The molecule has 0 spiro atoms. The maximum atomic E-state index is 12.6. The molecule has 0 radical (unpaired) electrons. The number of nitrogens with zero attached hydrogens (tertiary/aromatic N) is 2. The molecule has 0 fully saturated rings. The first kappa shape index (κ1) is 24.2. The Kier molecular flexibility index (Phi) is 7.40. The van der Waals surface area contributed by atoms with Crippen LogP contribution in [0.3, 0.4) is 0 Å². The number of nitrogens with two attached hydrogens (primary N) is 1. The minimum Gasteiger partial charge on any atom is -0.452 e. The van der Waals surface area contributed by atoms with E-state index in [-0.39, 0.29) is 12.1 Å². The lowest BCUT2D eigenvalue weighted by molar-refractivity contribution is -0.119. The van der Waals surface area contributed by atoms with Crippen molar-refractivity contribution in [3.05, 3.63) is 102 Å². The maximum Gasteiger partial charge on any atom is 0.338 e. The van der Waals surface area contributed by atoms with Gasteiger partial charge in [0.2, 0.25) is 0 Å². The van der Waals surface area contributed by atoms with Gasteiger partial charge in [0.25, 0.3) is 5.91 Å². The zero-order valence-corrected chi connectivity index (χ0v) is 19.6. The number of carbonyl (C=O) groups is 3. The summed E-state index contributed by atoms with van der Waals surface area (Å²) in [5, 5.41) is 9.92. The fraction of sp³-hybridized carbons (Fsp3) is 0.111. The topological polar surface area (TPSA) is 128 Å². The van der Waals surface area contributed by atoms with E-state index in [1.165, 1.54) is 0 Å². The Bertz CT molecular complexity index is 1360. The molecule has 9 heteroatoms. The highest BCUT2D eigenvalue weighted by molar-refractivity contribution is 5.95. The summed E-state index contributed by atoms with van der Waals surface area (Å²) in [5.74, 6) is -0.696. The van der Waals surface area contributed by atoms with E-state index in [0.29, 0.717) is 11.5 Å². The minimum absolute atomic E-state index is 0.243. The Hall–Kier alpha value is -4.92. The highest BCUT2D eigenvalue weighted by atomic mass is 16.5. The first-order valence-corrected chi connectivity index (χ1v) is 11.2. The fourth-order valence-corrected chi connectivity index (χ4v) is 3.44. The van der Waals surface area contributed by atoms with Crippen molar-refractivity contribution >= 4 is 23.7 Å². The van der Waals surface area contributed by atoms with E-state index in [1.807, 2.05) is 61.5 Å². The van der Waals surface area contributed by atoms with Crippen LogP contribution in [0.1, 0.15) is 21.5 Å². The molecule has 182 valence electrons. The summed E-state index contributed by atoms with van der Waals surface area (Å²) in [6, 6.07) is 24.9. The van der Waals surface area contributed by atoms with Crippen molar-refractivity contribution in [2.75, 3.05) is 11.9 Å². The number of amides is 3. The summed E-state index contributed by atoms with van der Waals surface area (Å²) < 4.78 is 6.81. The molecule has 3 amide bonds. The van der Waals surface area contributed by atoms with Crippen molar-refractivity contribution in [3.8, 4) is 16.9 Å². The van der Waals surface area contributed by atoms with Gasteiger partial charge in [-0.2, -0.15) is 5.10 Å². The summed E-state index contributed by atoms with van der Waals surface area (Å²) in [5.41, 5.74) is 9.60. The summed E-state index contributed by atoms with van der Waals surface area (Å²) in [4.78, 5) is 35.8. The van der Waals surface area contributed by atoms with Crippen molar-refractivity contribution in [2.24, 2.45) is 5.73 Å². The third-order valence-electron chi connectivity index (χ3n) is 5.32. The second kappa shape index (κ2) is 11.0. The van der Waals surface area contributed by atoms with Crippen molar-refractivity contribution in [3.63, 3.8) is 0 Å². The molecule has 9 nitrogen and oxygen atoms in total. The van der Waals surface area contributed by atoms with Gasteiger partial charge in [0.15, 0.2) is 6.61 Å². The van der Waals surface area contributed by atoms with Gasteiger partial charge >= 0.3 is 12.0 Å². The number of ether oxygens (including phenoxy) is 1. The second-order valence-corrected chi connectivity index (χ2v) is 8.07. The van der Waals surface area contributed by atoms with Crippen LogP contribution < -0.4 is 16.4 Å². The molecule has 0 saturated heterocycles. The quantitative estimate of drug-likeness (QED) is 0.328. The Labute approximate surface area is 207 Å². The predicted octanol–water partition coefficient (Wildman–Crippen LogP) is 3.81. The van der Waals surface area contributed by atoms with E-state index in [4.69, 9.17) is 10.5 Å². The molecular weight excluding hydrogens is 458 g/mol. The first-order chi connectivity index (χ1) is 17.4. The molecule has 1 aromatic heterocycles. The summed E-state index contributed by atoms with van der Waals surface area (Å²) in [6.07, 6.45) is 0. The number of nitrogens with one attached hydrogen (secondary N) is 2. The number of aromatic nitrogens is 2. The number of hydrogen-bond acceptors (Lipinski definition) is 5. The second-order valence-electron chi connectivity index (χ2n) is 8.07. The average molecular weight is 484 g/mol. The van der Waals surface area contributed by atoms with Gasteiger partial charge in [-0.05, 0) is 36.8 Å². The molecule has 0 atom stereocenters. The number of anilines is 1. The summed E-state index contributed by atoms with van der Waals surface area (Å²) in [6.45, 7) is 1.78. The molecule has 0 aliphatic rings. The molecule has 4 aromatic rings. The predicted molar refractivity (Wildman–Crippen MR) is 136 cm³/mol. The highest BCUT2D eigenvalue weighted by Crippen LogP contribution is 2.25. The number of hydrogen-bond donors (Lipinski definition) is 3. The molecule has 4 rings (SSSR count). The van der Waals surface area contributed by atoms with Crippen molar-refractivity contribution in [1.82, 2.24) is 15.1 Å². The molecule has 4 N–H and O–H groups in total. The smallest absolute Gasteiger partial charge is 0.338 e. The normalized spacial score (nSPS) is 10.5. The monoisotopic (exact) mass is 483 g/mol. The van der Waals surface area contributed by atoms with Gasteiger partial charge in [-0.3, -0.25) is 4.79 Å². The van der Waals surface area contributed by atoms with E-state index in [9.17, 15) is 14.4 Å². The van der Waals surface area contributed by atoms with E-state index in [2.05, 4.69) is 15.7 Å². The first-order valence-electron chi connectivity index (χ1n) is 11.2. The van der Waals surface area contributed by atoms with Gasteiger partial charge in [-0.25, -0.2) is 14.3 Å². The van der Waals surface area contributed by atoms with Crippen molar-refractivity contribution in [2.45, 2.75) is 13.5 Å². The number of para-hydroxylation sites is 1. The fourth-order valence-electron chi connectivity index (χ4n) is 3.44. The molecule has 0 aliphatic heterocycles. The van der Waals surface area contributed by atoms with Gasteiger partial charge in [-0.15, -0.1) is 0 Å². The van der Waals surface area contributed by atoms with Gasteiger partial charge in [0.05, 0.1) is 16.9 Å². The van der Waals surface area contributed by atoms with Crippen LogP contribution in [0, 0.1) is 6.92 Å². The standard InChI is InChI=1S/C27H25N5O4/c1-18-7-11-20(12-8-18)23-15-24(32(31-23)22-5-3-2-4-6-22)30-25(33)17-36-26(34)21-13-9-19(10-14-21)16-29-27(28)35/h2-15H,16-17H2,1H3,(H,30,33)(H3,28,29,35). The van der Waals surface area contributed by atoms with Crippen molar-refractivity contribution < 1.29 is 19.1 Å². The molecular formula is C27H25N5O4. The zero-order chi connectivity index (χ0) is 25.5. The number of urea groups is 1. The Morgan fingerprint density at radius 2 is 1.64 bits per heavy atom. The average Bonchev–Trinajstić information content (AvgIpc) is 3.30. The van der Waals surface area contributed by atoms with Crippen LogP contribution in [0.15, 0.2) is 84.9 Å². The van der Waals surface area contributed by atoms with Gasteiger partial charge in [-0.1, -0.05) is 60.2 Å². The Morgan fingerprint density at radius 1 is 0.944 bits per heavy atom. The van der Waals surface area contributed by atoms with Crippen LogP contribution in [-0.4, -0.2) is 34.3 Å². The molecule has 36 heavy (non-hydrogen) atoms. The maximum absolute atomic E-state index is 12.6. The molecule has 0 saturated carbocycles. The van der Waals surface area contributed by atoms with Gasteiger partial charge in [0.1, 0.15) is 5.82 Å². The molecule has 0 bridgehead atoms. The number of benzene rings is 3.